The highest BCUT2D eigenvalue weighted by Gasteiger charge is 2.24. The molecule has 2 aromatic rings. The number of rotatable bonds is 2. The van der Waals surface area contributed by atoms with Gasteiger partial charge in [0.15, 0.2) is 5.65 Å². The molecule has 0 spiro atoms. The van der Waals surface area contributed by atoms with Gasteiger partial charge in [-0.15, -0.1) is 0 Å². The van der Waals surface area contributed by atoms with Crippen LogP contribution in [0.3, 0.4) is 0 Å². The Balaban J connectivity index is 2.01. The van der Waals surface area contributed by atoms with Crippen molar-refractivity contribution < 1.29 is 4.79 Å². The van der Waals surface area contributed by atoms with Crippen molar-refractivity contribution >= 4 is 11.6 Å². The maximum Gasteiger partial charge on any atom is 0.270 e. The van der Waals surface area contributed by atoms with Gasteiger partial charge in [0.1, 0.15) is 5.69 Å². The van der Waals surface area contributed by atoms with E-state index in [1.165, 1.54) is 0 Å². The maximum atomic E-state index is 11.8. The van der Waals surface area contributed by atoms with E-state index in [0.29, 0.717) is 17.4 Å². The Morgan fingerprint density at radius 3 is 3.07 bits per heavy atom. The summed E-state index contributed by atoms with van der Waals surface area (Å²) in [6.07, 6.45) is 5.42. The molecule has 5 nitrogen and oxygen atoms in total. The molecule has 0 radical (unpaired) electrons. The molecule has 0 aliphatic heterocycles. The SMILES string of the molecule is O=C(NC1CC1)c1ccnc2ccnn12. The lowest BCUT2D eigenvalue weighted by atomic mass is 10.3. The first kappa shape index (κ1) is 8.40. The molecule has 1 saturated carbocycles. The zero-order chi connectivity index (χ0) is 10.3. The fraction of sp³-hybridized carbons (Fsp3) is 0.300. The molecule has 2 aromatic heterocycles. The van der Waals surface area contributed by atoms with Crippen LogP contribution in [0, 0.1) is 0 Å². The first-order valence-electron chi connectivity index (χ1n) is 4.94. The number of nitrogens with zero attached hydrogens (tertiary/aromatic N) is 3. The molecule has 0 saturated heterocycles. The molecule has 15 heavy (non-hydrogen) atoms. The second-order valence-corrected chi connectivity index (χ2v) is 3.68. The lowest BCUT2D eigenvalue weighted by Crippen LogP contribution is -2.27. The third-order valence-corrected chi connectivity index (χ3v) is 2.44. The molecular formula is C10H10N4O. The molecule has 3 rings (SSSR count). The van der Waals surface area contributed by atoms with Gasteiger partial charge in [0, 0.05) is 18.3 Å². The summed E-state index contributed by atoms with van der Waals surface area (Å²) in [5.41, 5.74) is 1.23. The summed E-state index contributed by atoms with van der Waals surface area (Å²) in [5, 5.41) is 6.99. The molecule has 0 aromatic carbocycles. The largest absolute Gasteiger partial charge is 0.348 e. The van der Waals surface area contributed by atoms with E-state index in [4.69, 9.17) is 0 Å². The Hall–Kier alpha value is -1.91. The topological polar surface area (TPSA) is 59.3 Å². The van der Waals surface area contributed by atoms with Crippen LogP contribution in [0.15, 0.2) is 24.5 Å². The molecule has 1 aliphatic rings. The van der Waals surface area contributed by atoms with Crippen LogP contribution in [-0.2, 0) is 0 Å². The molecule has 2 heterocycles. The van der Waals surface area contributed by atoms with Crippen molar-refractivity contribution in [2.75, 3.05) is 0 Å². The van der Waals surface area contributed by atoms with Crippen LogP contribution in [0.25, 0.3) is 5.65 Å². The van der Waals surface area contributed by atoms with Gasteiger partial charge < -0.3 is 5.32 Å². The summed E-state index contributed by atoms with van der Waals surface area (Å²) < 4.78 is 1.55. The van der Waals surface area contributed by atoms with Crippen molar-refractivity contribution in [1.29, 1.82) is 0 Å². The molecule has 5 heteroatoms. The molecule has 76 valence electrons. The Bertz CT molecular complexity index is 515. The van der Waals surface area contributed by atoms with Gasteiger partial charge in [-0.05, 0) is 18.9 Å². The summed E-state index contributed by atoms with van der Waals surface area (Å²) in [4.78, 5) is 15.9. The number of amides is 1. The highest BCUT2D eigenvalue weighted by molar-refractivity contribution is 5.93. The molecule has 1 aliphatic carbocycles. The zero-order valence-corrected chi connectivity index (χ0v) is 8.05. The first-order valence-corrected chi connectivity index (χ1v) is 4.94. The summed E-state index contributed by atoms with van der Waals surface area (Å²) in [7, 11) is 0. The molecule has 0 unspecified atom stereocenters. The molecule has 0 bridgehead atoms. The highest BCUT2D eigenvalue weighted by Crippen LogP contribution is 2.19. The summed E-state index contributed by atoms with van der Waals surface area (Å²) >= 11 is 0. The van der Waals surface area contributed by atoms with Crippen LogP contribution < -0.4 is 5.32 Å². The minimum absolute atomic E-state index is 0.0754. The Morgan fingerprint density at radius 1 is 1.40 bits per heavy atom. The van der Waals surface area contributed by atoms with E-state index in [2.05, 4.69) is 15.4 Å². The average Bonchev–Trinajstić information content (AvgIpc) is 2.93. The van der Waals surface area contributed by atoms with Crippen molar-refractivity contribution in [3.63, 3.8) is 0 Å². The summed E-state index contributed by atoms with van der Waals surface area (Å²) in [6, 6.07) is 3.81. The highest BCUT2D eigenvalue weighted by atomic mass is 16.2. The van der Waals surface area contributed by atoms with Gasteiger partial charge in [0.05, 0.1) is 6.20 Å². The van der Waals surface area contributed by atoms with E-state index >= 15 is 0 Å². The quantitative estimate of drug-likeness (QED) is 0.776. The van der Waals surface area contributed by atoms with Gasteiger partial charge in [-0.2, -0.15) is 5.10 Å². The fourth-order valence-corrected chi connectivity index (χ4v) is 1.49. The van der Waals surface area contributed by atoms with Crippen LogP contribution in [-0.4, -0.2) is 26.5 Å². The molecular weight excluding hydrogens is 192 g/mol. The second kappa shape index (κ2) is 3.05. The third-order valence-electron chi connectivity index (χ3n) is 2.44. The van der Waals surface area contributed by atoms with Crippen LogP contribution in [0.5, 0.6) is 0 Å². The van der Waals surface area contributed by atoms with Crippen molar-refractivity contribution in [2.45, 2.75) is 18.9 Å². The lowest BCUT2D eigenvalue weighted by molar-refractivity contribution is 0.0943. The third kappa shape index (κ3) is 1.45. The number of carbonyl (C=O) groups is 1. The van der Waals surface area contributed by atoms with Crippen molar-refractivity contribution in [2.24, 2.45) is 0 Å². The van der Waals surface area contributed by atoms with Gasteiger partial charge in [-0.25, -0.2) is 9.50 Å². The van der Waals surface area contributed by atoms with E-state index in [1.54, 1.807) is 29.0 Å². The fourth-order valence-electron chi connectivity index (χ4n) is 1.49. The van der Waals surface area contributed by atoms with E-state index in [0.717, 1.165) is 12.8 Å². The standard InChI is InChI=1S/C10H10N4O/c15-10(13-7-1-2-7)8-3-5-11-9-4-6-12-14(8)9/h3-7H,1-2H2,(H,13,15). The minimum Gasteiger partial charge on any atom is -0.348 e. The number of fused-ring (bicyclic) bond motifs is 1. The van der Waals surface area contributed by atoms with E-state index in [9.17, 15) is 4.79 Å². The zero-order valence-electron chi connectivity index (χ0n) is 8.05. The maximum absolute atomic E-state index is 11.8. The van der Waals surface area contributed by atoms with E-state index < -0.39 is 0 Å². The van der Waals surface area contributed by atoms with Crippen LogP contribution in [0.4, 0.5) is 0 Å². The first-order chi connectivity index (χ1) is 7.34. The van der Waals surface area contributed by atoms with Crippen LogP contribution in [0.2, 0.25) is 0 Å². The molecule has 0 atom stereocenters. The number of hydrogen-bond donors (Lipinski definition) is 1. The van der Waals surface area contributed by atoms with E-state index in [-0.39, 0.29) is 5.91 Å². The minimum atomic E-state index is -0.0754. The number of carbonyl (C=O) groups excluding carboxylic acids is 1. The van der Waals surface area contributed by atoms with E-state index in [1.807, 2.05) is 0 Å². The Morgan fingerprint density at radius 2 is 2.27 bits per heavy atom. The monoisotopic (exact) mass is 202 g/mol. The number of hydrogen-bond acceptors (Lipinski definition) is 3. The van der Waals surface area contributed by atoms with Gasteiger partial charge in [-0.3, -0.25) is 4.79 Å². The molecule has 1 fully saturated rings. The Labute approximate surface area is 86.1 Å². The van der Waals surface area contributed by atoms with Crippen molar-refractivity contribution in [3.8, 4) is 0 Å². The summed E-state index contributed by atoms with van der Waals surface area (Å²) in [5.74, 6) is -0.0754. The number of aromatic nitrogens is 3. The normalized spacial score (nSPS) is 15.5. The van der Waals surface area contributed by atoms with Gasteiger partial charge in [0.2, 0.25) is 0 Å². The second-order valence-electron chi connectivity index (χ2n) is 3.68. The molecule has 1 N–H and O–H groups in total. The predicted octanol–water partition coefficient (Wildman–Crippen LogP) is 0.621. The van der Waals surface area contributed by atoms with Crippen LogP contribution in [0.1, 0.15) is 23.3 Å². The van der Waals surface area contributed by atoms with Crippen molar-refractivity contribution in [1.82, 2.24) is 19.9 Å². The molecule has 1 amide bonds. The van der Waals surface area contributed by atoms with Gasteiger partial charge in [0.25, 0.3) is 5.91 Å². The Kier molecular flexibility index (Phi) is 1.71. The predicted molar refractivity (Wildman–Crippen MR) is 53.5 cm³/mol. The van der Waals surface area contributed by atoms with Crippen molar-refractivity contribution in [3.05, 3.63) is 30.2 Å². The number of nitrogens with one attached hydrogen (secondary N) is 1. The van der Waals surface area contributed by atoms with Crippen LogP contribution >= 0.6 is 0 Å². The van der Waals surface area contributed by atoms with Gasteiger partial charge in [-0.1, -0.05) is 0 Å². The lowest BCUT2D eigenvalue weighted by Gasteiger charge is -2.04. The smallest absolute Gasteiger partial charge is 0.270 e. The summed E-state index contributed by atoms with van der Waals surface area (Å²) in [6.45, 7) is 0. The average molecular weight is 202 g/mol. The van der Waals surface area contributed by atoms with Gasteiger partial charge >= 0.3 is 0 Å².